The highest BCUT2D eigenvalue weighted by atomic mass is 35.5. The number of nitriles is 1. The number of alkyl halides is 3. The lowest BCUT2D eigenvalue weighted by Crippen LogP contribution is -2.25. The molecular formula is C20H11Cl2F3N2O. The van der Waals surface area contributed by atoms with Crippen molar-refractivity contribution in [2.45, 2.75) is 12.7 Å². The Morgan fingerprint density at radius 2 is 1.64 bits per heavy atom. The third-order valence-corrected chi connectivity index (χ3v) is 4.87. The number of hydrogen-bond acceptors (Lipinski definition) is 2. The molecule has 3 aromatic rings. The maximum absolute atomic E-state index is 13.1. The Morgan fingerprint density at radius 1 is 1.00 bits per heavy atom. The van der Waals surface area contributed by atoms with E-state index in [0.29, 0.717) is 15.6 Å². The van der Waals surface area contributed by atoms with Crippen LogP contribution in [-0.4, -0.2) is 4.57 Å². The molecule has 0 radical (unpaired) electrons. The van der Waals surface area contributed by atoms with Gasteiger partial charge in [-0.25, -0.2) is 0 Å². The first-order valence-corrected chi connectivity index (χ1v) is 8.72. The van der Waals surface area contributed by atoms with Gasteiger partial charge in [0.15, 0.2) is 0 Å². The van der Waals surface area contributed by atoms with Crippen molar-refractivity contribution >= 4 is 23.2 Å². The second-order valence-electron chi connectivity index (χ2n) is 5.91. The van der Waals surface area contributed by atoms with E-state index >= 15 is 0 Å². The Hall–Kier alpha value is -2.75. The van der Waals surface area contributed by atoms with Crippen LogP contribution in [0, 0.1) is 11.3 Å². The lowest BCUT2D eigenvalue weighted by molar-refractivity contribution is -0.137. The van der Waals surface area contributed by atoms with Gasteiger partial charge in [-0.2, -0.15) is 18.4 Å². The van der Waals surface area contributed by atoms with Crippen molar-refractivity contribution in [3.05, 3.63) is 91.7 Å². The molecule has 0 atom stereocenters. The van der Waals surface area contributed by atoms with Crippen LogP contribution in [0.25, 0.3) is 11.3 Å². The summed E-state index contributed by atoms with van der Waals surface area (Å²) in [6.45, 7) is -0.0988. The molecule has 0 aliphatic heterocycles. The van der Waals surface area contributed by atoms with Crippen LogP contribution in [0.4, 0.5) is 13.2 Å². The van der Waals surface area contributed by atoms with E-state index < -0.39 is 17.3 Å². The first-order valence-electron chi connectivity index (χ1n) is 7.97. The van der Waals surface area contributed by atoms with E-state index in [4.69, 9.17) is 28.5 Å². The maximum atomic E-state index is 13.1. The summed E-state index contributed by atoms with van der Waals surface area (Å²) in [5.74, 6) is 0. The minimum atomic E-state index is -4.53. The van der Waals surface area contributed by atoms with Gasteiger partial charge in [0.05, 0.1) is 17.8 Å². The summed E-state index contributed by atoms with van der Waals surface area (Å²) in [7, 11) is 0. The molecule has 0 saturated carbocycles. The number of hydrogen-bond donors (Lipinski definition) is 0. The molecule has 0 N–H and O–H groups in total. The Balaban J connectivity index is 2.23. The van der Waals surface area contributed by atoms with Gasteiger partial charge >= 0.3 is 6.18 Å². The number of pyridine rings is 1. The Morgan fingerprint density at radius 3 is 2.25 bits per heavy atom. The van der Waals surface area contributed by atoms with E-state index in [-0.39, 0.29) is 23.4 Å². The zero-order valence-electron chi connectivity index (χ0n) is 14.1. The summed E-state index contributed by atoms with van der Waals surface area (Å²) >= 11 is 12.4. The maximum Gasteiger partial charge on any atom is 0.416 e. The predicted molar refractivity (Wildman–Crippen MR) is 101 cm³/mol. The first kappa shape index (κ1) is 20.0. The van der Waals surface area contributed by atoms with Crippen LogP contribution in [0.3, 0.4) is 0 Å². The average molecular weight is 423 g/mol. The topological polar surface area (TPSA) is 45.8 Å². The second-order valence-corrected chi connectivity index (χ2v) is 6.73. The smallest absolute Gasteiger partial charge is 0.303 e. The summed E-state index contributed by atoms with van der Waals surface area (Å²) in [4.78, 5) is 12.7. The van der Waals surface area contributed by atoms with Gasteiger partial charge in [-0.1, -0.05) is 41.4 Å². The van der Waals surface area contributed by atoms with Crippen molar-refractivity contribution in [3.8, 4) is 17.3 Å². The first-order chi connectivity index (χ1) is 13.2. The highest BCUT2D eigenvalue weighted by Gasteiger charge is 2.30. The monoisotopic (exact) mass is 422 g/mol. The SMILES string of the molecule is N#Cc1ccc(-c2cccc(C(F)(F)F)c2)n(Cc2c(Cl)cccc2Cl)c1=O. The van der Waals surface area contributed by atoms with E-state index in [2.05, 4.69) is 0 Å². The Kier molecular flexibility index (Phi) is 5.50. The van der Waals surface area contributed by atoms with Crippen LogP contribution < -0.4 is 5.56 Å². The molecule has 3 nitrogen and oxygen atoms in total. The van der Waals surface area contributed by atoms with Gasteiger partial charge in [-0.15, -0.1) is 0 Å². The van der Waals surface area contributed by atoms with Gasteiger partial charge in [-0.05, 0) is 42.0 Å². The van der Waals surface area contributed by atoms with Gasteiger partial charge in [-0.3, -0.25) is 4.79 Å². The van der Waals surface area contributed by atoms with Crippen LogP contribution in [0.1, 0.15) is 16.7 Å². The van der Waals surface area contributed by atoms with E-state index in [1.54, 1.807) is 24.3 Å². The fraction of sp³-hybridized carbons (Fsp3) is 0.100. The molecule has 0 amide bonds. The summed E-state index contributed by atoms with van der Waals surface area (Å²) in [6.07, 6.45) is -4.53. The molecule has 8 heteroatoms. The summed E-state index contributed by atoms with van der Waals surface area (Å²) in [6, 6.07) is 13.9. The standard InChI is InChI=1S/C20H11Cl2F3N2O/c21-16-5-2-6-17(22)15(16)11-27-18(8-7-13(10-26)19(27)28)12-3-1-4-14(9-12)20(23,24)25/h1-9H,11H2. The summed E-state index contributed by atoms with van der Waals surface area (Å²) in [5, 5.41) is 9.77. The molecule has 28 heavy (non-hydrogen) atoms. The Bertz CT molecular complexity index is 1130. The molecule has 0 fully saturated rings. The summed E-state index contributed by atoms with van der Waals surface area (Å²) in [5.41, 5.74) is -0.807. The zero-order chi connectivity index (χ0) is 20.5. The normalized spacial score (nSPS) is 11.3. The highest BCUT2D eigenvalue weighted by Crippen LogP contribution is 2.32. The molecule has 0 unspecified atom stereocenters. The zero-order valence-corrected chi connectivity index (χ0v) is 15.6. The molecule has 142 valence electrons. The van der Waals surface area contributed by atoms with Crippen molar-refractivity contribution in [1.82, 2.24) is 4.57 Å². The molecule has 0 aliphatic carbocycles. The van der Waals surface area contributed by atoms with Crippen LogP contribution in [0.5, 0.6) is 0 Å². The van der Waals surface area contributed by atoms with Crippen LogP contribution in [-0.2, 0) is 12.7 Å². The van der Waals surface area contributed by atoms with Crippen LogP contribution in [0.15, 0.2) is 59.4 Å². The third-order valence-electron chi connectivity index (χ3n) is 4.16. The molecule has 1 heterocycles. The average Bonchev–Trinajstić information content (AvgIpc) is 2.65. The van der Waals surface area contributed by atoms with E-state index in [1.165, 1.54) is 28.8 Å². The number of benzene rings is 2. The molecular weight excluding hydrogens is 412 g/mol. The van der Waals surface area contributed by atoms with Gasteiger partial charge in [0, 0.05) is 15.6 Å². The quantitative estimate of drug-likeness (QED) is 0.538. The number of halogens is 5. The lowest BCUT2D eigenvalue weighted by atomic mass is 10.1. The molecule has 1 aromatic heterocycles. The van der Waals surface area contributed by atoms with Crippen molar-refractivity contribution < 1.29 is 13.2 Å². The molecule has 2 aromatic carbocycles. The van der Waals surface area contributed by atoms with Gasteiger partial charge in [0.1, 0.15) is 11.6 Å². The lowest BCUT2D eigenvalue weighted by Gasteiger charge is -2.16. The fourth-order valence-corrected chi connectivity index (χ4v) is 3.29. The van der Waals surface area contributed by atoms with Gasteiger partial charge < -0.3 is 4.57 Å². The number of nitrogens with zero attached hydrogens (tertiary/aromatic N) is 2. The van der Waals surface area contributed by atoms with Gasteiger partial charge in [0.2, 0.25) is 0 Å². The number of aromatic nitrogens is 1. The van der Waals surface area contributed by atoms with E-state index in [9.17, 15) is 18.0 Å². The van der Waals surface area contributed by atoms with E-state index in [0.717, 1.165) is 12.1 Å². The molecule has 0 spiro atoms. The van der Waals surface area contributed by atoms with Crippen molar-refractivity contribution in [2.75, 3.05) is 0 Å². The summed E-state index contributed by atoms with van der Waals surface area (Å²) < 4.78 is 40.5. The minimum absolute atomic E-state index is 0.0988. The minimum Gasteiger partial charge on any atom is -0.303 e. The number of rotatable bonds is 3. The van der Waals surface area contributed by atoms with Crippen molar-refractivity contribution in [2.24, 2.45) is 0 Å². The van der Waals surface area contributed by atoms with Gasteiger partial charge in [0.25, 0.3) is 5.56 Å². The molecule has 0 saturated heterocycles. The van der Waals surface area contributed by atoms with Crippen LogP contribution in [0.2, 0.25) is 10.0 Å². The molecule has 3 rings (SSSR count). The van der Waals surface area contributed by atoms with E-state index in [1.807, 2.05) is 0 Å². The third kappa shape index (κ3) is 3.91. The Labute approximate surface area is 168 Å². The van der Waals surface area contributed by atoms with Crippen molar-refractivity contribution in [1.29, 1.82) is 5.26 Å². The fourth-order valence-electron chi connectivity index (χ4n) is 2.77. The van der Waals surface area contributed by atoms with Crippen molar-refractivity contribution in [3.63, 3.8) is 0 Å². The predicted octanol–water partition coefficient (Wildman–Crippen LogP) is 5.76. The highest BCUT2D eigenvalue weighted by molar-refractivity contribution is 6.35. The second kappa shape index (κ2) is 7.70. The van der Waals surface area contributed by atoms with Crippen LogP contribution >= 0.6 is 23.2 Å². The molecule has 0 aliphatic rings. The largest absolute Gasteiger partial charge is 0.416 e. The molecule has 0 bridgehead atoms.